The molecule has 0 aromatic heterocycles. The highest BCUT2D eigenvalue weighted by atomic mass is 79.9. The number of aliphatic hydroxyl groups excluding tert-OH is 1. The Kier molecular flexibility index (Phi) is 5.25. The highest BCUT2D eigenvalue weighted by Crippen LogP contribution is 2.27. The van der Waals surface area contributed by atoms with Crippen LogP contribution in [0.25, 0.3) is 0 Å². The largest absolute Gasteiger partial charge is 0.396 e. The average molecular weight is 347 g/mol. The van der Waals surface area contributed by atoms with Crippen molar-refractivity contribution in [3.8, 4) is 0 Å². The number of likely N-dealkylation sites (tertiary alicyclic amines) is 1. The van der Waals surface area contributed by atoms with Gasteiger partial charge in [-0.05, 0) is 59.8 Å². The van der Waals surface area contributed by atoms with Gasteiger partial charge in [-0.25, -0.2) is 0 Å². The molecule has 1 aromatic rings. The van der Waals surface area contributed by atoms with Crippen molar-refractivity contribution in [1.82, 2.24) is 4.90 Å². The molecular weight excluding hydrogens is 330 g/mol. The SMILES string of the molecule is O=C(c1ccc(Cl)c(Br)c1)N1CCCC1CCCO. The lowest BCUT2D eigenvalue weighted by molar-refractivity contribution is 0.0724. The first-order valence-electron chi connectivity index (χ1n) is 6.50. The number of hydrogen-bond donors (Lipinski definition) is 1. The van der Waals surface area contributed by atoms with Gasteiger partial charge < -0.3 is 10.0 Å². The Morgan fingerprint density at radius 3 is 3.00 bits per heavy atom. The van der Waals surface area contributed by atoms with Gasteiger partial charge in [-0.1, -0.05) is 11.6 Å². The van der Waals surface area contributed by atoms with Gasteiger partial charge in [-0.2, -0.15) is 0 Å². The predicted molar refractivity (Wildman–Crippen MR) is 79.5 cm³/mol. The molecule has 1 fully saturated rings. The van der Waals surface area contributed by atoms with Gasteiger partial charge in [0.05, 0.1) is 5.02 Å². The fraction of sp³-hybridized carbons (Fsp3) is 0.500. The van der Waals surface area contributed by atoms with Gasteiger partial charge in [0.15, 0.2) is 0 Å². The quantitative estimate of drug-likeness (QED) is 0.907. The molecule has 104 valence electrons. The molecule has 1 heterocycles. The monoisotopic (exact) mass is 345 g/mol. The zero-order valence-electron chi connectivity index (χ0n) is 10.6. The fourth-order valence-corrected chi connectivity index (χ4v) is 3.02. The van der Waals surface area contributed by atoms with Crippen LogP contribution in [0.5, 0.6) is 0 Å². The summed E-state index contributed by atoms with van der Waals surface area (Å²) < 4.78 is 0.742. The van der Waals surface area contributed by atoms with E-state index in [0.29, 0.717) is 10.6 Å². The summed E-state index contributed by atoms with van der Waals surface area (Å²) in [7, 11) is 0. The molecule has 1 aliphatic heterocycles. The molecule has 0 bridgehead atoms. The Balaban J connectivity index is 2.11. The van der Waals surface area contributed by atoms with Gasteiger partial charge in [-0.15, -0.1) is 0 Å². The zero-order valence-corrected chi connectivity index (χ0v) is 13.0. The molecule has 1 atom stereocenters. The molecule has 1 aliphatic rings. The van der Waals surface area contributed by atoms with E-state index in [1.165, 1.54) is 0 Å². The van der Waals surface area contributed by atoms with Crippen molar-refractivity contribution in [1.29, 1.82) is 0 Å². The molecule has 1 aromatic carbocycles. The van der Waals surface area contributed by atoms with Crippen LogP contribution in [-0.2, 0) is 0 Å². The number of benzene rings is 1. The van der Waals surface area contributed by atoms with Crippen molar-refractivity contribution in [2.24, 2.45) is 0 Å². The molecule has 1 saturated heterocycles. The molecule has 0 radical (unpaired) electrons. The van der Waals surface area contributed by atoms with Crippen molar-refractivity contribution in [3.05, 3.63) is 33.3 Å². The van der Waals surface area contributed by atoms with Crippen molar-refractivity contribution in [2.45, 2.75) is 31.7 Å². The number of rotatable bonds is 4. The van der Waals surface area contributed by atoms with Gasteiger partial charge in [0, 0.05) is 29.2 Å². The molecule has 0 spiro atoms. The number of hydrogen-bond acceptors (Lipinski definition) is 2. The predicted octanol–water partition coefficient (Wildman–Crippen LogP) is 3.48. The van der Waals surface area contributed by atoms with Crippen LogP contribution in [0.3, 0.4) is 0 Å². The van der Waals surface area contributed by atoms with Gasteiger partial charge in [-0.3, -0.25) is 4.79 Å². The van der Waals surface area contributed by atoms with Crippen LogP contribution in [0.2, 0.25) is 5.02 Å². The van der Waals surface area contributed by atoms with Gasteiger partial charge in [0.25, 0.3) is 5.91 Å². The molecule has 5 heteroatoms. The van der Waals surface area contributed by atoms with Crippen molar-refractivity contribution in [3.63, 3.8) is 0 Å². The van der Waals surface area contributed by atoms with Gasteiger partial charge >= 0.3 is 0 Å². The standard InChI is InChI=1S/C14H17BrClNO2/c15-12-9-10(5-6-13(12)16)14(19)17-7-1-3-11(17)4-2-8-18/h5-6,9,11,18H,1-4,7-8H2. The van der Waals surface area contributed by atoms with Crippen LogP contribution < -0.4 is 0 Å². The second-order valence-electron chi connectivity index (χ2n) is 4.79. The second-order valence-corrected chi connectivity index (χ2v) is 6.05. The maximum Gasteiger partial charge on any atom is 0.254 e. The number of halogens is 2. The third-order valence-electron chi connectivity index (χ3n) is 3.50. The number of nitrogens with zero attached hydrogens (tertiary/aromatic N) is 1. The molecule has 0 saturated carbocycles. The number of aliphatic hydroxyl groups is 1. The van der Waals surface area contributed by atoms with E-state index in [4.69, 9.17) is 16.7 Å². The van der Waals surface area contributed by atoms with Gasteiger partial charge in [0.2, 0.25) is 0 Å². The average Bonchev–Trinajstić information content (AvgIpc) is 2.87. The Labute approximate surface area is 126 Å². The highest BCUT2D eigenvalue weighted by molar-refractivity contribution is 9.10. The van der Waals surface area contributed by atoms with Crippen molar-refractivity contribution in [2.75, 3.05) is 13.2 Å². The second kappa shape index (κ2) is 6.73. The maximum atomic E-state index is 12.5. The normalized spacial score (nSPS) is 18.9. The molecule has 19 heavy (non-hydrogen) atoms. The van der Waals surface area contributed by atoms with E-state index in [-0.39, 0.29) is 18.6 Å². The van der Waals surface area contributed by atoms with E-state index in [9.17, 15) is 4.79 Å². The van der Waals surface area contributed by atoms with E-state index in [1.807, 2.05) is 4.90 Å². The van der Waals surface area contributed by atoms with Crippen LogP contribution in [0.1, 0.15) is 36.0 Å². The summed E-state index contributed by atoms with van der Waals surface area (Å²) in [5, 5.41) is 9.52. The molecule has 1 N–H and O–H groups in total. The van der Waals surface area contributed by atoms with Crippen LogP contribution in [0.15, 0.2) is 22.7 Å². The summed E-state index contributed by atoms with van der Waals surface area (Å²) in [6.45, 7) is 0.986. The first-order valence-corrected chi connectivity index (χ1v) is 7.67. The van der Waals surface area contributed by atoms with Crippen LogP contribution in [0.4, 0.5) is 0 Å². The van der Waals surface area contributed by atoms with Crippen LogP contribution >= 0.6 is 27.5 Å². The Morgan fingerprint density at radius 1 is 1.53 bits per heavy atom. The Morgan fingerprint density at radius 2 is 2.32 bits per heavy atom. The summed E-state index contributed by atoms with van der Waals surface area (Å²) >= 11 is 9.29. The van der Waals surface area contributed by atoms with E-state index in [1.54, 1.807) is 18.2 Å². The Hall–Kier alpha value is -0.580. The summed E-state index contributed by atoms with van der Waals surface area (Å²) in [5.41, 5.74) is 0.659. The highest BCUT2D eigenvalue weighted by Gasteiger charge is 2.28. The lowest BCUT2D eigenvalue weighted by Gasteiger charge is -2.24. The minimum Gasteiger partial charge on any atom is -0.396 e. The molecule has 3 nitrogen and oxygen atoms in total. The molecule has 2 rings (SSSR count). The molecule has 1 amide bonds. The van der Waals surface area contributed by atoms with Gasteiger partial charge in [0.1, 0.15) is 0 Å². The minimum atomic E-state index is 0.0535. The smallest absolute Gasteiger partial charge is 0.254 e. The first-order chi connectivity index (χ1) is 9.13. The summed E-state index contributed by atoms with van der Waals surface area (Å²) in [6.07, 6.45) is 3.69. The Bertz CT molecular complexity index is 467. The maximum absolute atomic E-state index is 12.5. The third-order valence-corrected chi connectivity index (χ3v) is 4.71. The third kappa shape index (κ3) is 3.50. The van der Waals surface area contributed by atoms with E-state index < -0.39 is 0 Å². The fourth-order valence-electron chi connectivity index (χ4n) is 2.53. The number of carbonyl (C=O) groups excluding carboxylic acids is 1. The van der Waals surface area contributed by atoms with E-state index >= 15 is 0 Å². The summed E-state index contributed by atoms with van der Waals surface area (Å²) in [6, 6.07) is 5.52. The molecule has 0 aliphatic carbocycles. The summed E-state index contributed by atoms with van der Waals surface area (Å²) in [4.78, 5) is 14.4. The molecular formula is C14H17BrClNO2. The zero-order chi connectivity index (χ0) is 13.8. The minimum absolute atomic E-state index is 0.0535. The van der Waals surface area contributed by atoms with Crippen LogP contribution in [0, 0.1) is 0 Å². The molecule has 1 unspecified atom stereocenters. The van der Waals surface area contributed by atoms with E-state index in [2.05, 4.69) is 15.9 Å². The number of amides is 1. The summed E-state index contributed by atoms with van der Waals surface area (Å²) in [5.74, 6) is 0.0535. The lowest BCUT2D eigenvalue weighted by atomic mass is 10.1. The number of carbonyl (C=O) groups is 1. The topological polar surface area (TPSA) is 40.5 Å². The van der Waals surface area contributed by atoms with Crippen molar-refractivity contribution >= 4 is 33.4 Å². The van der Waals surface area contributed by atoms with Crippen molar-refractivity contribution < 1.29 is 9.90 Å². The van der Waals surface area contributed by atoms with E-state index in [0.717, 1.165) is 36.7 Å². The first kappa shape index (κ1) is 14.8. The van der Waals surface area contributed by atoms with Crippen LogP contribution in [-0.4, -0.2) is 35.1 Å². The lowest BCUT2D eigenvalue weighted by Crippen LogP contribution is -2.35.